The van der Waals surface area contributed by atoms with E-state index >= 15 is 0 Å². The predicted molar refractivity (Wildman–Crippen MR) is 81.0 cm³/mol. The minimum atomic E-state index is 0.500. The molecule has 18 heavy (non-hydrogen) atoms. The summed E-state index contributed by atoms with van der Waals surface area (Å²) in [6.07, 6.45) is 5.20. The summed E-state index contributed by atoms with van der Waals surface area (Å²) in [5.74, 6) is 0.746. The Labute approximate surface area is 113 Å². The molecule has 2 unspecified atom stereocenters. The van der Waals surface area contributed by atoms with Gasteiger partial charge in [-0.25, -0.2) is 0 Å². The van der Waals surface area contributed by atoms with Gasteiger partial charge in [0.25, 0.3) is 0 Å². The lowest BCUT2D eigenvalue weighted by atomic mass is 9.86. The second-order valence-corrected chi connectivity index (χ2v) is 5.50. The molecule has 1 aromatic rings. The quantitative estimate of drug-likeness (QED) is 0.731. The van der Waals surface area contributed by atoms with Crippen LogP contribution in [0.25, 0.3) is 0 Å². The fraction of sp³-hybridized carbons (Fsp3) is 0.647. The Hall–Kier alpha value is -0.820. The summed E-state index contributed by atoms with van der Waals surface area (Å²) in [4.78, 5) is 0. The second kappa shape index (κ2) is 7.58. The minimum Gasteiger partial charge on any atom is -0.313 e. The van der Waals surface area contributed by atoms with Gasteiger partial charge in [-0.2, -0.15) is 0 Å². The number of hydrogen-bond donors (Lipinski definition) is 1. The van der Waals surface area contributed by atoms with Crippen LogP contribution < -0.4 is 5.32 Å². The van der Waals surface area contributed by atoms with E-state index in [9.17, 15) is 0 Å². The lowest BCUT2D eigenvalue weighted by molar-refractivity contribution is 0.339. The Morgan fingerprint density at radius 2 is 1.67 bits per heavy atom. The Morgan fingerprint density at radius 1 is 1.06 bits per heavy atom. The van der Waals surface area contributed by atoms with Crippen molar-refractivity contribution in [1.82, 2.24) is 5.32 Å². The van der Waals surface area contributed by atoms with Gasteiger partial charge in [0.1, 0.15) is 0 Å². The maximum absolute atomic E-state index is 3.53. The van der Waals surface area contributed by atoms with Crippen molar-refractivity contribution < 1.29 is 0 Å². The molecule has 0 aromatic heterocycles. The van der Waals surface area contributed by atoms with E-state index in [0.29, 0.717) is 6.04 Å². The Balaban J connectivity index is 2.91. The largest absolute Gasteiger partial charge is 0.313 e. The fourth-order valence-corrected chi connectivity index (χ4v) is 2.94. The van der Waals surface area contributed by atoms with E-state index in [0.717, 1.165) is 5.92 Å². The topological polar surface area (TPSA) is 12.0 Å². The van der Waals surface area contributed by atoms with Gasteiger partial charge in [-0.3, -0.25) is 0 Å². The molecule has 0 aliphatic rings. The predicted octanol–water partition coefficient (Wildman–Crippen LogP) is 4.78. The van der Waals surface area contributed by atoms with Gasteiger partial charge >= 0.3 is 0 Å². The van der Waals surface area contributed by atoms with Crippen molar-refractivity contribution in [2.24, 2.45) is 5.92 Å². The lowest BCUT2D eigenvalue weighted by Crippen LogP contribution is -2.25. The van der Waals surface area contributed by atoms with Crippen molar-refractivity contribution in [3.8, 4) is 0 Å². The van der Waals surface area contributed by atoms with Crippen LogP contribution in [0.1, 0.15) is 62.3 Å². The van der Waals surface area contributed by atoms with Gasteiger partial charge in [0, 0.05) is 6.04 Å². The maximum atomic E-state index is 3.53. The van der Waals surface area contributed by atoms with Crippen molar-refractivity contribution >= 4 is 0 Å². The molecule has 1 aromatic carbocycles. The van der Waals surface area contributed by atoms with Crippen LogP contribution >= 0.6 is 0 Å². The highest BCUT2D eigenvalue weighted by Crippen LogP contribution is 2.29. The van der Waals surface area contributed by atoms with E-state index in [1.165, 1.54) is 42.4 Å². The first-order valence-electron chi connectivity index (χ1n) is 7.37. The van der Waals surface area contributed by atoms with Gasteiger partial charge in [0.15, 0.2) is 0 Å². The summed E-state index contributed by atoms with van der Waals surface area (Å²) < 4.78 is 0. The maximum Gasteiger partial charge on any atom is 0.0346 e. The summed E-state index contributed by atoms with van der Waals surface area (Å²) >= 11 is 0. The SMILES string of the molecule is CCCCC(CC)C(NC)c1cc(C)cc(C)c1. The first kappa shape index (κ1) is 15.2. The highest BCUT2D eigenvalue weighted by atomic mass is 14.9. The molecule has 1 N–H and O–H groups in total. The molecular formula is C17H29N. The lowest BCUT2D eigenvalue weighted by Gasteiger charge is -2.27. The van der Waals surface area contributed by atoms with E-state index in [4.69, 9.17) is 0 Å². The first-order chi connectivity index (χ1) is 8.62. The number of hydrogen-bond acceptors (Lipinski definition) is 1. The summed E-state index contributed by atoms with van der Waals surface area (Å²) in [5, 5.41) is 3.53. The molecule has 1 nitrogen and oxygen atoms in total. The van der Waals surface area contributed by atoms with Crippen LogP contribution in [0.2, 0.25) is 0 Å². The monoisotopic (exact) mass is 247 g/mol. The third kappa shape index (κ3) is 4.13. The number of aryl methyl sites for hydroxylation is 2. The highest BCUT2D eigenvalue weighted by molar-refractivity contribution is 5.31. The molecule has 0 saturated heterocycles. The van der Waals surface area contributed by atoms with Crippen LogP contribution in [0.3, 0.4) is 0 Å². The average molecular weight is 247 g/mol. The molecule has 0 bridgehead atoms. The minimum absolute atomic E-state index is 0.500. The van der Waals surface area contributed by atoms with Crippen molar-refractivity contribution in [1.29, 1.82) is 0 Å². The van der Waals surface area contributed by atoms with Crippen LogP contribution in [0.4, 0.5) is 0 Å². The molecule has 0 heterocycles. The zero-order valence-electron chi connectivity index (χ0n) is 12.7. The molecule has 0 fully saturated rings. The molecule has 0 aliphatic heterocycles. The Kier molecular flexibility index (Phi) is 6.42. The number of unbranched alkanes of at least 4 members (excludes halogenated alkanes) is 1. The Morgan fingerprint density at radius 3 is 2.11 bits per heavy atom. The van der Waals surface area contributed by atoms with Crippen molar-refractivity contribution in [3.63, 3.8) is 0 Å². The van der Waals surface area contributed by atoms with E-state index in [1.54, 1.807) is 0 Å². The molecule has 2 atom stereocenters. The smallest absolute Gasteiger partial charge is 0.0346 e. The van der Waals surface area contributed by atoms with Crippen LogP contribution in [0, 0.1) is 19.8 Å². The first-order valence-corrected chi connectivity index (χ1v) is 7.37. The molecule has 1 rings (SSSR count). The Bertz CT molecular complexity index is 336. The van der Waals surface area contributed by atoms with Gasteiger partial charge in [-0.1, -0.05) is 62.4 Å². The standard InChI is InChI=1S/C17H29N/c1-6-8-9-15(7-2)17(18-5)16-11-13(3)10-14(4)12-16/h10-12,15,17-18H,6-9H2,1-5H3. The van der Waals surface area contributed by atoms with Crippen LogP contribution in [0.15, 0.2) is 18.2 Å². The normalized spacial score (nSPS) is 14.5. The molecule has 0 radical (unpaired) electrons. The fourth-order valence-electron chi connectivity index (χ4n) is 2.94. The van der Waals surface area contributed by atoms with Gasteiger partial charge in [0.05, 0.1) is 0 Å². The molecule has 1 heteroatoms. The van der Waals surface area contributed by atoms with Crippen molar-refractivity contribution in [3.05, 3.63) is 34.9 Å². The van der Waals surface area contributed by atoms with Gasteiger partial charge < -0.3 is 5.32 Å². The third-order valence-corrected chi connectivity index (χ3v) is 3.84. The number of nitrogens with one attached hydrogen (secondary N) is 1. The van der Waals surface area contributed by atoms with Gasteiger partial charge in [-0.05, 0) is 38.8 Å². The van der Waals surface area contributed by atoms with Gasteiger partial charge in [-0.15, -0.1) is 0 Å². The summed E-state index contributed by atoms with van der Waals surface area (Å²) in [7, 11) is 2.09. The number of rotatable bonds is 7. The number of benzene rings is 1. The van der Waals surface area contributed by atoms with E-state index < -0.39 is 0 Å². The zero-order valence-corrected chi connectivity index (χ0v) is 12.7. The molecule has 102 valence electrons. The molecule has 0 saturated carbocycles. The van der Waals surface area contributed by atoms with Crippen LogP contribution in [-0.2, 0) is 0 Å². The van der Waals surface area contributed by atoms with E-state index in [2.05, 4.69) is 58.3 Å². The summed E-state index contributed by atoms with van der Waals surface area (Å²) in [5.41, 5.74) is 4.20. The molecular weight excluding hydrogens is 218 g/mol. The van der Waals surface area contributed by atoms with Crippen molar-refractivity contribution in [2.45, 2.75) is 59.4 Å². The van der Waals surface area contributed by atoms with Gasteiger partial charge in [0.2, 0.25) is 0 Å². The van der Waals surface area contributed by atoms with Crippen molar-refractivity contribution in [2.75, 3.05) is 7.05 Å². The van der Waals surface area contributed by atoms with Crippen LogP contribution in [-0.4, -0.2) is 7.05 Å². The summed E-state index contributed by atoms with van der Waals surface area (Å²) in [6.45, 7) is 8.97. The molecule has 0 spiro atoms. The summed E-state index contributed by atoms with van der Waals surface area (Å²) in [6, 6.07) is 7.43. The third-order valence-electron chi connectivity index (χ3n) is 3.84. The molecule has 0 aliphatic carbocycles. The van der Waals surface area contributed by atoms with E-state index in [-0.39, 0.29) is 0 Å². The van der Waals surface area contributed by atoms with Crippen LogP contribution in [0.5, 0.6) is 0 Å². The van der Waals surface area contributed by atoms with E-state index in [1.807, 2.05) is 0 Å². The molecule has 0 amide bonds. The second-order valence-electron chi connectivity index (χ2n) is 5.50. The highest BCUT2D eigenvalue weighted by Gasteiger charge is 2.20. The zero-order chi connectivity index (χ0) is 13.5. The average Bonchev–Trinajstić information content (AvgIpc) is 2.33.